The van der Waals surface area contributed by atoms with Crippen LogP contribution in [0.3, 0.4) is 0 Å². The average Bonchev–Trinajstić information content (AvgIpc) is 3.35. The van der Waals surface area contributed by atoms with Gasteiger partial charge in [0, 0.05) is 29.7 Å². The number of nitrogens with zero attached hydrogens (tertiary/aromatic N) is 3. The number of methoxy groups -OCH3 is 2. The molecule has 0 aliphatic carbocycles. The number of halogens is 1. The molecular weight excluding hydrogens is 382 g/mol. The van der Waals surface area contributed by atoms with Crippen LogP contribution in [-0.2, 0) is 4.79 Å². The zero-order valence-electron chi connectivity index (χ0n) is 15.4. The quantitative estimate of drug-likeness (QED) is 0.647. The summed E-state index contributed by atoms with van der Waals surface area (Å²) in [6, 6.07) is 12.5. The van der Waals surface area contributed by atoms with Crippen molar-refractivity contribution in [1.82, 2.24) is 10.1 Å². The summed E-state index contributed by atoms with van der Waals surface area (Å²) < 4.78 is 16.1. The SMILES string of the molecule is COc1ccc(-c2noc([C@@H]3CC(=O)N(c4ccc(Cl)cc4)C3)n2)c(OC)c1. The fourth-order valence-electron chi connectivity index (χ4n) is 3.24. The molecule has 1 aliphatic heterocycles. The topological polar surface area (TPSA) is 77.7 Å². The lowest BCUT2D eigenvalue weighted by Crippen LogP contribution is -2.24. The molecule has 0 spiro atoms. The van der Waals surface area contributed by atoms with E-state index in [0.717, 1.165) is 5.69 Å². The third-order valence-corrected chi connectivity index (χ3v) is 4.96. The van der Waals surface area contributed by atoms with Crippen molar-refractivity contribution in [2.24, 2.45) is 0 Å². The van der Waals surface area contributed by atoms with E-state index in [1.807, 2.05) is 18.2 Å². The Kier molecular flexibility index (Phi) is 4.92. The molecule has 3 aromatic rings. The summed E-state index contributed by atoms with van der Waals surface area (Å²) in [6.45, 7) is 0.474. The molecule has 1 aromatic heterocycles. The van der Waals surface area contributed by atoms with Crippen LogP contribution in [0.4, 0.5) is 5.69 Å². The molecule has 28 heavy (non-hydrogen) atoms. The lowest BCUT2D eigenvalue weighted by molar-refractivity contribution is -0.117. The Labute approximate surface area is 166 Å². The van der Waals surface area contributed by atoms with Crippen LogP contribution < -0.4 is 14.4 Å². The number of anilines is 1. The van der Waals surface area contributed by atoms with Crippen LogP contribution in [0, 0.1) is 0 Å². The van der Waals surface area contributed by atoms with Gasteiger partial charge in [0.05, 0.1) is 25.7 Å². The normalized spacial score (nSPS) is 16.5. The second-order valence-electron chi connectivity index (χ2n) is 6.40. The third kappa shape index (κ3) is 3.41. The van der Waals surface area contributed by atoms with Gasteiger partial charge >= 0.3 is 0 Å². The van der Waals surface area contributed by atoms with Gasteiger partial charge in [-0.1, -0.05) is 16.8 Å². The summed E-state index contributed by atoms with van der Waals surface area (Å²) in [7, 11) is 3.16. The number of carbonyl (C=O) groups excluding carboxylic acids is 1. The van der Waals surface area contributed by atoms with Crippen LogP contribution in [0.5, 0.6) is 11.5 Å². The van der Waals surface area contributed by atoms with Gasteiger partial charge in [-0.3, -0.25) is 4.79 Å². The lowest BCUT2D eigenvalue weighted by Gasteiger charge is -2.15. The highest BCUT2D eigenvalue weighted by molar-refractivity contribution is 6.30. The van der Waals surface area contributed by atoms with Gasteiger partial charge < -0.3 is 18.9 Å². The molecule has 0 saturated carbocycles. The van der Waals surface area contributed by atoms with Gasteiger partial charge in [-0.2, -0.15) is 4.98 Å². The van der Waals surface area contributed by atoms with Crippen molar-refractivity contribution in [3.05, 3.63) is 53.4 Å². The maximum atomic E-state index is 12.5. The van der Waals surface area contributed by atoms with Crippen molar-refractivity contribution >= 4 is 23.2 Å². The molecule has 1 amide bonds. The van der Waals surface area contributed by atoms with Gasteiger partial charge in [0.2, 0.25) is 17.6 Å². The standard InChI is InChI=1S/C20H18ClN3O4/c1-26-15-7-8-16(17(10-15)27-2)19-22-20(28-23-19)12-9-18(25)24(11-12)14-5-3-13(21)4-6-14/h3-8,10,12H,9,11H2,1-2H3/t12-/m1/s1. The van der Waals surface area contributed by atoms with Gasteiger partial charge in [-0.25, -0.2) is 0 Å². The van der Waals surface area contributed by atoms with Crippen LogP contribution in [0.1, 0.15) is 18.2 Å². The van der Waals surface area contributed by atoms with Gasteiger partial charge in [-0.15, -0.1) is 0 Å². The molecule has 1 fully saturated rings. The van der Waals surface area contributed by atoms with Gasteiger partial charge in [0.25, 0.3) is 0 Å². The Morgan fingerprint density at radius 1 is 1.14 bits per heavy atom. The molecule has 8 heteroatoms. The maximum absolute atomic E-state index is 12.5. The molecule has 0 unspecified atom stereocenters. The van der Waals surface area contributed by atoms with E-state index in [9.17, 15) is 4.79 Å². The van der Waals surface area contributed by atoms with Crippen molar-refractivity contribution in [2.45, 2.75) is 12.3 Å². The summed E-state index contributed by atoms with van der Waals surface area (Å²) in [5.74, 6) is 1.92. The zero-order valence-corrected chi connectivity index (χ0v) is 16.1. The van der Waals surface area contributed by atoms with E-state index in [4.69, 9.17) is 25.6 Å². The Morgan fingerprint density at radius 2 is 1.93 bits per heavy atom. The van der Waals surface area contributed by atoms with E-state index in [0.29, 0.717) is 46.8 Å². The first-order valence-corrected chi connectivity index (χ1v) is 9.08. The minimum Gasteiger partial charge on any atom is -0.497 e. The van der Waals surface area contributed by atoms with Crippen LogP contribution >= 0.6 is 11.6 Å². The Balaban J connectivity index is 1.57. The van der Waals surface area contributed by atoms with Crippen LogP contribution in [0.2, 0.25) is 5.02 Å². The molecule has 2 aromatic carbocycles. The predicted molar refractivity (Wildman–Crippen MR) is 104 cm³/mol. The third-order valence-electron chi connectivity index (χ3n) is 4.70. The summed E-state index contributed by atoms with van der Waals surface area (Å²) in [6.07, 6.45) is 0.310. The van der Waals surface area contributed by atoms with Crippen molar-refractivity contribution in [2.75, 3.05) is 25.7 Å². The van der Waals surface area contributed by atoms with E-state index in [-0.39, 0.29) is 11.8 Å². The van der Waals surface area contributed by atoms with Crippen LogP contribution in [-0.4, -0.2) is 36.8 Å². The van der Waals surface area contributed by atoms with Crippen molar-refractivity contribution in [3.63, 3.8) is 0 Å². The maximum Gasteiger partial charge on any atom is 0.232 e. The molecule has 4 rings (SSSR count). The Morgan fingerprint density at radius 3 is 2.64 bits per heavy atom. The molecule has 144 valence electrons. The summed E-state index contributed by atoms with van der Waals surface area (Å²) in [5, 5.41) is 4.70. The number of hydrogen-bond donors (Lipinski definition) is 0. The first-order valence-electron chi connectivity index (χ1n) is 8.71. The minimum atomic E-state index is -0.173. The highest BCUT2D eigenvalue weighted by Gasteiger charge is 2.35. The average molecular weight is 400 g/mol. The molecule has 1 atom stereocenters. The molecule has 2 heterocycles. The van der Waals surface area contributed by atoms with E-state index >= 15 is 0 Å². The number of amides is 1. The van der Waals surface area contributed by atoms with Gasteiger partial charge in [0.1, 0.15) is 11.5 Å². The number of aromatic nitrogens is 2. The molecule has 1 saturated heterocycles. The molecule has 0 radical (unpaired) electrons. The lowest BCUT2D eigenvalue weighted by atomic mass is 10.1. The van der Waals surface area contributed by atoms with E-state index in [2.05, 4.69) is 10.1 Å². The second kappa shape index (κ2) is 7.52. The van der Waals surface area contributed by atoms with Crippen LogP contribution in [0.25, 0.3) is 11.4 Å². The fraction of sp³-hybridized carbons (Fsp3) is 0.250. The minimum absolute atomic E-state index is 0.00843. The molecule has 0 bridgehead atoms. The first kappa shape index (κ1) is 18.3. The van der Waals surface area contributed by atoms with Crippen molar-refractivity contribution < 1.29 is 18.8 Å². The number of rotatable bonds is 5. The summed E-state index contributed by atoms with van der Waals surface area (Å²) >= 11 is 5.93. The molecule has 0 N–H and O–H groups in total. The van der Waals surface area contributed by atoms with Crippen LogP contribution in [0.15, 0.2) is 47.0 Å². The van der Waals surface area contributed by atoms with Crippen molar-refractivity contribution in [1.29, 1.82) is 0 Å². The number of benzene rings is 2. The van der Waals surface area contributed by atoms with Crippen molar-refractivity contribution in [3.8, 4) is 22.9 Å². The smallest absolute Gasteiger partial charge is 0.232 e. The molecular formula is C20H18ClN3O4. The van der Waals surface area contributed by atoms with Gasteiger partial charge in [-0.05, 0) is 36.4 Å². The number of carbonyl (C=O) groups is 1. The number of ether oxygens (including phenoxy) is 2. The Hall–Kier alpha value is -3.06. The number of hydrogen-bond acceptors (Lipinski definition) is 6. The van der Waals surface area contributed by atoms with Gasteiger partial charge in [0.15, 0.2) is 0 Å². The van der Waals surface area contributed by atoms with E-state index in [1.54, 1.807) is 43.4 Å². The highest BCUT2D eigenvalue weighted by atomic mass is 35.5. The zero-order chi connectivity index (χ0) is 19.7. The molecule has 1 aliphatic rings. The second-order valence-corrected chi connectivity index (χ2v) is 6.84. The predicted octanol–water partition coefficient (Wildman–Crippen LogP) is 3.93. The highest BCUT2D eigenvalue weighted by Crippen LogP contribution is 2.35. The molecule has 7 nitrogen and oxygen atoms in total. The Bertz CT molecular complexity index is 1000. The summed E-state index contributed by atoms with van der Waals surface area (Å²) in [5.41, 5.74) is 1.49. The first-order chi connectivity index (χ1) is 13.6. The monoisotopic (exact) mass is 399 g/mol. The summed E-state index contributed by atoms with van der Waals surface area (Å²) in [4.78, 5) is 18.7. The van der Waals surface area contributed by atoms with E-state index in [1.165, 1.54) is 0 Å². The fourth-order valence-corrected chi connectivity index (χ4v) is 3.36. The largest absolute Gasteiger partial charge is 0.497 e. The van der Waals surface area contributed by atoms with E-state index < -0.39 is 0 Å².